The van der Waals surface area contributed by atoms with E-state index in [1.165, 1.54) is 24.3 Å². The third-order valence-electron chi connectivity index (χ3n) is 6.85. The van der Waals surface area contributed by atoms with E-state index in [4.69, 9.17) is 9.47 Å². The number of phenols is 4. The van der Waals surface area contributed by atoms with Crippen LogP contribution in [0.5, 0.6) is 28.7 Å². The minimum absolute atomic E-state index is 0.0637. The van der Waals surface area contributed by atoms with Crippen LogP contribution in [0.2, 0.25) is 0 Å². The van der Waals surface area contributed by atoms with Gasteiger partial charge in [0.25, 0.3) is 0 Å². The van der Waals surface area contributed by atoms with E-state index in [0.717, 1.165) is 24.0 Å². The first-order valence-electron chi connectivity index (χ1n) is 12.3. The van der Waals surface area contributed by atoms with E-state index in [9.17, 15) is 30.0 Å². The van der Waals surface area contributed by atoms with E-state index in [1.54, 1.807) is 6.07 Å². The van der Waals surface area contributed by atoms with Crippen LogP contribution in [0.4, 0.5) is 0 Å². The topological polar surface area (TPSA) is 158 Å². The third-order valence-corrected chi connectivity index (χ3v) is 6.85. The molecule has 1 aliphatic carbocycles. The Bertz CT molecular complexity index is 1200. The van der Waals surface area contributed by atoms with Gasteiger partial charge in [-0.15, -0.1) is 0 Å². The molecule has 0 bridgehead atoms. The molecule has 2 aliphatic rings. The largest absolute Gasteiger partial charge is 0.504 e. The van der Waals surface area contributed by atoms with E-state index in [-0.39, 0.29) is 60.3 Å². The van der Waals surface area contributed by atoms with Gasteiger partial charge in [0.15, 0.2) is 23.0 Å². The van der Waals surface area contributed by atoms with E-state index in [0.29, 0.717) is 31.4 Å². The second-order valence-electron chi connectivity index (χ2n) is 9.36. The predicted octanol–water partition coefficient (Wildman–Crippen LogP) is 2.32. The van der Waals surface area contributed by atoms with Crippen molar-refractivity contribution in [2.24, 2.45) is 0 Å². The van der Waals surface area contributed by atoms with Crippen LogP contribution in [0.15, 0.2) is 36.9 Å². The molecular formula is C27H32N2O8. The Morgan fingerprint density at radius 2 is 1.81 bits per heavy atom. The molecule has 0 aromatic heterocycles. The Balaban J connectivity index is 1.36. The van der Waals surface area contributed by atoms with Crippen LogP contribution in [-0.4, -0.2) is 64.1 Å². The van der Waals surface area contributed by atoms with Crippen molar-refractivity contribution >= 4 is 11.8 Å². The van der Waals surface area contributed by atoms with Crippen molar-refractivity contribution in [2.75, 3.05) is 26.3 Å². The molecular weight excluding hydrogens is 480 g/mol. The zero-order valence-electron chi connectivity index (χ0n) is 20.5. The molecule has 0 fully saturated rings. The van der Waals surface area contributed by atoms with E-state index >= 15 is 0 Å². The summed E-state index contributed by atoms with van der Waals surface area (Å²) in [6, 6.07) is 6.01. The molecule has 10 nitrogen and oxygen atoms in total. The van der Waals surface area contributed by atoms with E-state index in [2.05, 4.69) is 17.2 Å². The molecule has 1 heterocycles. The lowest BCUT2D eigenvalue weighted by Crippen LogP contribution is -2.47. The number of hydrogen-bond acceptors (Lipinski definition) is 8. The number of phenolic OH excluding ortho intramolecular Hbond substituents is 4. The van der Waals surface area contributed by atoms with Gasteiger partial charge in [-0.2, -0.15) is 0 Å². The number of aromatic hydroxyl groups is 4. The second kappa shape index (κ2) is 11.0. The minimum atomic E-state index is -0.889. The molecule has 0 saturated heterocycles. The number of nitrogens with one attached hydrogen (secondary N) is 2. The number of carbonyl (C=O) groups is 2. The number of carbonyl (C=O) groups excluding carboxylic acids is 2. The van der Waals surface area contributed by atoms with Gasteiger partial charge in [0.05, 0.1) is 6.61 Å². The lowest BCUT2D eigenvalue weighted by Gasteiger charge is -2.40. The van der Waals surface area contributed by atoms with Gasteiger partial charge in [-0.1, -0.05) is 19.1 Å². The number of rotatable bonds is 11. The highest BCUT2D eigenvalue weighted by Gasteiger charge is 2.53. The molecule has 198 valence electrons. The molecule has 37 heavy (non-hydrogen) atoms. The highest BCUT2D eigenvalue weighted by Crippen LogP contribution is 2.57. The van der Waals surface area contributed by atoms with E-state index < -0.39 is 11.5 Å². The number of benzene rings is 2. The zero-order valence-corrected chi connectivity index (χ0v) is 20.5. The number of hydrogen-bond donors (Lipinski definition) is 6. The second-order valence-corrected chi connectivity index (χ2v) is 9.36. The molecule has 2 amide bonds. The number of unbranched alkanes of at least 4 members (excludes halogenated alkanes) is 2. The lowest BCUT2D eigenvalue weighted by molar-refractivity contribution is -0.122. The summed E-state index contributed by atoms with van der Waals surface area (Å²) in [5, 5.41) is 46.0. The summed E-state index contributed by atoms with van der Waals surface area (Å²) >= 11 is 0. The van der Waals surface area contributed by atoms with Gasteiger partial charge >= 0.3 is 0 Å². The normalized spacial score (nSPS) is 19.2. The molecule has 0 spiro atoms. The maximum atomic E-state index is 12.2. The Kier molecular flexibility index (Phi) is 7.77. The summed E-state index contributed by atoms with van der Waals surface area (Å²) in [6.07, 6.45) is 4.27. The van der Waals surface area contributed by atoms with Gasteiger partial charge in [-0.3, -0.25) is 9.59 Å². The summed E-state index contributed by atoms with van der Waals surface area (Å²) < 4.78 is 12.2. The van der Waals surface area contributed by atoms with Gasteiger partial charge in [0.1, 0.15) is 12.2 Å². The fourth-order valence-corrected chi connectivity index (χ4v) is 5.08. The van der Waals surface area contributed by atoms with Crippen molar-refractivity contribution in [3.8, 4) is 28.7 Å². The van der Waals surface area contributed by atoms with Crippen molar-refractivity contribution in [1.29, 1.82) is 0 Å². The smallest absolute Gasteiger partial charge is 0.243 e. The monoisotopic (exact) mass is 512 g/mol. The molecule has 2 aromatic carbocycles. The number of ether oxygens (including phenoxy) is 2. The van der Waals surface area contributed by atoms with Gasteiger partial charge < -0.3 is 40.5 Å². The maximum Gasteiger partial charge on any atom is 0.243 e. The van der Waals surface area contributed by atoms with Crippen LogP contribution in [-0.2, 0) is 20.7 Å². The molecule has 10 heteroatoms. The van der Waals surface area contributed by atoms with Crippen LogP contribution < -0.4 is 15.4 Å². The first-order valence-corrected chi connectivity index (χ1v) is 12.3. The molecule has 2 aromatic rings. The maximum absolute atomic E-state index is 12.2. The molecule has 2 atom stereocenters. The molecule has 0 radical (unpaired) electrons. The van der Waals surface area contributed by atoms with Crippen molar-refractivity contribution in [2.45, 2.75) is 43.6 Å². The summed E-state index contributed by atoms with van der Waals surface area (Å²) in [7, 11) is 0. The summed E-state index contributed by atoms with van der Waals surface area (Å²) in [4.78, 5) is 23.3. The third kappa shape index (κ3) is 5.43. The van der Waals surface area contributed by atoms with Crippen LogP contribution in [0.1, 0.15) is 48.3 Å². The molecule has 6 N–H and O–H groups in total. The van der Waals surface area contributed by atoms with Gasteiger partial charge in [-0.25, -0.2) is 0 Å². The standard InChI is InChI=1S/C27H32N2O8/c1-2-22(33)28-9-5-3-4-6-23(34)29-10-11-37-27-14-16-12-20(31)21(32)13-18(16)24(27)17-7-8-19(30)25(35)26(17)36-15-27/h2,7-8,12-13,24,30-32,35H,1,3-6,9-11,14-15H2,(H,28,33)(H,29,34). The quantitative estimate of drug-likeness (QED) is 0.152. The van der Waals surface area contributed by atoms with Gasteiger partial charge in [-0.05, 0) is 48.2 Å². The Hall–Kier alpha value is -3.92. The predicted molar refractivity (Wildman–Crippen MR) is 134 cm³/mol. The van der Waals surface area contributed by atoms with Crippen molar-refractivity contribution in [1.82, 2.24) is 10.6 Å². The number of amides is 2. The minimum Gasteiger partial charge on any atom is -0.504 e. The van der Waals surface area contributed by atoms with Crippen molar-refractivity contribution in [3.63, 3.8) is 0 Å². The summed E-state index contributed by atoms with van der Waals surface area (Å²) in [6.45, 7) is 4.48. The Labute approximate surface area is 214 Å². The SMILES string of the molecule is C=CC(=O)NCCCCCC(=O)NCCOC12COc3c(ccc(O)c3O)C1c1cc(O)c(O)cc1C2. The molecule has 2 unspecified atom stereocenters. The van der Waals surface area contributed by atoms with Crippen LogP contribution in [0.3, 0.4) is 0 Å². The Morgan fingerprint density at radius 3 is 2.59 bits per heavy atom. The van der Waals surface area contributed by atoms with E-state index in [1.807, 2.05) is 0 Å². The zero-order chi connectivity index (χ0) is 26.6. The summed E-state index contributed by atoms with van der Waals surface area (Å²) in [5.41, 5.74) is 1.22. The molecule has 1 aliphatic heterocycles. The van der Waals surface area contributed by atoms with Crippen LogP contribution in [0, 0.1) is 0 Å². The van der Waals surface area contributed by atoms with Crippen LogP contribution >= 0.6 is 0 Å². The first kappa shape index (κ1) is 26.2. The number of fused-ring (bicyclic) bond motifs is 5. The first-order chi connectivity index (χ1) is 17.8. The fraction of sp³-hybridized carbons (Fsp3) is 0.407. The van der Waals surface area contributed by atoms with Gasteiger partial charge in [0, 0.05) is 37.4 Å². The average Bonchev–Trinajstić information content (AvgIpc) is 3.19. The fourth-order valence-electron chi connectivity index (χ4n) is 5.08. The Morgan fingerprint density at radius 1 is 1.03 bits per heavy atom. The highest BCUT2D eigenvalue weighted by atomic mass is 16.6. The highest BCUT2D eigenvalue weighted by molar-refractivity contribution is 5.86. The lowest BCUT2D eigenvalue weighted by atomic mass is 9.80. The molecule has 4 rings (SSSR count). The summed E-state index contributed by atoms with van der Waals surface area (Å²) in [5.74, 6) is -1.74. The molecule has 0 saturated carbocycles. The average molecular weight is 513 g/mol. The van der Waals surface area contributed by atoms with Crippen molar-refractivity contribution in [3.05, 3.63) is 53.6 Å². The van der Waals surface area contributed by atoms with Crippen molar-refractivity contribution < 1.29 is 39.5 Å². The van der Waals surface area contributed by atoms with Gasteiger partial charge in [0.2, 0.25) is 17.6 Å². The van der Waals surface area contributed by atoms with Crippen LogP contribution in [0.25, 0.3) is 0 Å².